The number of aliphatic hydroxyl groups is 4. The molecular formula is C22H26N2O7. The van der Waals surface area contributed by atoms with Gasteiger partial charge in [0.2, 0.25) is 0 Å². The summed E-state index contributed by atoms with van der Waals surface area (Å²) in [6, 6.07) is 11.6. The first-order valence-corrected chi connectivity index (χ1v) is 9.80. The molecule has 0 spiro atoms. The second-order valence-electron chi connectivity index (χ2n) is 7.33. The van der Waals surface area contributed by atoms with Crippen molar-refractivity contribution in [2.75, 3.05) is 20.7 Å². The minimum atomic E-state index is -1.49. The number of hydrogen-bond donors (Lipinski definition) is 6. The van der Waals surface area contributed by atoms with Gasteiger partial charge in [-0.25, -0.2) is 0 Å². The predicted molar refractivity (Wildman–Crippen MR) is 111 cm³/mol. The molecule has 1 saturated heterocycles. The van der Waals surface area contributed by atoms with E-state index in [1.54, 1.807) is 36.4 Å². The Hall–Kier alpha value is -2.82. The summed E-state index contributed by atoms with van der Waals surface area (Å²) in [5.74, 6) is -0.700. The number of nitrogens with one attached hydrogen (secondary N) is 2. The van der Waals surface area contributed by atoms with Crippen molar-refractivity contribution in [2.45, 2.75) is 30.5 Å². The standard InChI is InChI=1S/C22H26N2O7/c1-23-21(29)14-7-13(8-15(9-14)22(30)24-2)11-4-3-5-12(6-11)20-19(28)18(27)17(26)16(10-25)31-20/h3-9,16-20,25-28H,10H2,1-2H3,(H,23,29)(H,24,30)/t16?,17-,18?,19?,20-/m1/s1. The Bertz CT molecular complexity index is 928. The summed E-state index contributed by atoms with van der Waals surface area (Å²) < 4.78 is 5.63. The van der Waals surface area contributed by atoms with Gasteiger partial charge in [-0.05, 0) is 41.0 Å². The van der Waals surface area contributed by atoms with Crippen molar-refractivity contribution < 1.29 is 34.8 Å². The monoisotopic (exact) mass is 430 g/mol. The lowest BCUT2D eigenvalue weighted by Gasteiger charge is -2.40. The Kier molecular flexibility index (Phi) is 7.04. The molecule has 2 aromatic rings. The number of benzene rings is 2. The number of rotatable bonds is 5. The lowest BCUT2D eigenvalue weighted by molar-refractivity contribution is -0.231. The van der Waals surface area contributed by atoms with Crippen LogP contribution in [0.3, 0.4) is 0 Å². The lowest BCUT2D eigenvalue weighted by atomic mass is 9.89. The van der Waals surface area contributed by atoms with Crippen molar-refractivity contribution in [2.24, 2.45) is 0 Å². The van der Waals surface area contributed by atoms with Crippen LogP contribution in [0.5, 0.6) is 0 Å². The van der Waals surface area contributed by atoms with E-state index in [2.05, 4.69) is 10.6 Å². The second-order valence-corrected chi connectivity index (χ2v) is 7.33. The molecule has 2 amide bonds. The molecule has 9 nitrogen and oxygen atoms in total. The average Bonchev–Trinajstić information content (AvgIpc) is 2.81. The molecule has 0 saturated carbocycles. The highest BCUT2D eigenvalue weighted by atomic mass is 16.5. The van der Waals surface area contributed by atoms with Gasteiger partial charge in [0.25, 0.3) is 11.8 Å². The maximum absolute atomic E-state index is 12.2. The van der Waals surface area contributed by atoms with Crippen molar-refractivity contribution >= 4 is 11.8 Å². The van der Waals surface area contributed by atoms with Crippen molar-refractivity contribution in [3.05, 3.63) is 59.2 Å². The fraction of sp³-hybridized carbons (Fsp3) is 0.364. The summed E-state index contributed by atoms with van der Waals surface area (Å²) in [6.07, 6.45) is -6.36. The fourth-order valence-electron chi connectivity index (χ4n) is 3.62. The van der Waals surface area contributed by atoms with E-state index in [-0.39, 0.29) is 11.8 Å². The molecule has 3 rings (SSSR count). The summed E-state index contributed by atoms with van der Waals surface area (Å²) in [5.41, 5.74) is 2.34. The molecule has 2 aromatic carbocycles. The van der Waals surface area contributed by atoms with Crippen molar-refractivity contribution in [1.82, 2.24) is 10.6 Å². The smallest absolute Gasteiger partial charge is 0.251 e. The fourth-order valence-corrected chi connectivity index (χ4v) is 3.62. The molecule has 166 valence electrons. The zero-order chi connectivity index (χ0) is 22.7. The Morgan fingerprint density at radius 1 is 0.871 bits per heavy atom. The number of aliphatic hydroxyl groups excluding tert-OH is 4. The van der Waals surface area contributed by atoms with Gasteiger partial charge >= 0.3 is 0 Å². The van der Waals surface area contributed by atoms with E-state index >= 15 is 0 Å². The number of amides is 2. The van der Waals surface area contributed by atoms with Gasteiger partial charge in [0, 0.05) is 25.2 Å². The first kappa shape index (κ1) is 22.9. The van der Waals surface area contributed by atoms with Crippen LogP contribution in [0, 0.1) is 0 Å². The maximum atomic E-state index is 12.2. The summed E-state index contributed by atoms with van der Waals surface area (Å²) in [4.78, 5) is 24.4. The van der Waals surface area contributed by atoms with Crippen LogP contribution >= 0.6 is 0 Å². The Labute approximate surface area is 179 Å². The van der Waals surface area contributed by atoms with Crippen molar-refractivity contribution in [3.8, 4) is 11.1 Å². The van der Waals surface area contributed by atoms with Gasteiger partial charge in [0.15, 0.2) is 0 Å². The highest BCUT2D eigenvalue weighted by Crippen LogP contribution is 2.34. The molecule has 1 aliphatic heterocycles. The van der Waals surface area contributed by atoms with E-state index in [0.717, 1.165) is 0 Å². The van der Waals surface area contributed by atoms with E-state index < -0.39 is 37.1 Å². The second kappa shape index (κ2) is 9.54. The molecule has 1 fully saturated rings. The van der Waals surface area contributed by atoms with Crippen LogP contribution in [0.1, 0.15) is 32.4 Å². The van der Waals surface area contributed by atoms with Gasteiger partial charge < -0.3 is 35.8 Å². The molecule has 0 aliphatic carbocycles. The largest absolute Gasteiger partial charge is 0.394 e. The summed E-state index contributed by atoms with van der Waals surface area (Å²) in [5, 5.41) is 45.0. The highest BCUT2D eigenvalue weighted by molar-refractivity contribution is 6.01. The van der Waals surface area contributed by atoms with E-state index in [4.69, 9.17) is 4.74 Å². The minimum absolute atomic E-state index is 0.303. The average molecular weight is 430 g/mol. The van der Waals surface area contributed by atoms with E-state index in [1.165, 1.54) is 20.2 Å². The highest BCUT2D eigenvalue weighted by Gasteiger charge is 2.43. The first-order valence-electron chi connectivity index (χ1n) is 9.80. The topological polar surface area (TPSA) is 148 Å². The Balaban J connectivity index is 2.03. The molecule has 6 N–H and O–H groups in total. The van der Waals surface area contributed by atoms with Crippen LogP contribution in [0.25, 0.3) is 11.1 Å². The molecule has 0 aromatic heterocycles. The van der Waals surface area contributed by atoms with Crippen LogP contribution in [0.15, 0.2) is 42.5 Å². The molecule has 0 bridgehead atoms. The maximum Gasteiger partial charge on any atom is 0.251 e. The Morgan fingerprint density at radius 2 is 1.48 bits per heavy atom. The van der Waals surface area contributed by atoms with E-state index in [0.29, 0.717) is 27.8 Å². The number of ether oxygens (including phenoxy) is 1. The number of hydrogen-bond acceptors (Lipinski definition) is 7. The van der Waals surface area contributed by atoms with Crippen LogP contribution in [-0.2, 0) is 4.74 Å². The zero-order valence-corrected chi connectivity index (χ0v) is 17.1. The SMILES string of the molecule is CNC(=O)c1cc(C(=O)NC)cc(-c2cccc([C@H]3OC(CO)[C@@H](O)C(O)C3O)c2)c1. The van der Waals surface area contributed by atoms with Crippen LogP contribution in [-0.4, -0.2) is 77.4 Å². The molecule has 5 atom stereocenters. The van der Waals surface area contributed by atoms with Crippen LogP contribution in [0.4, 0.5) is 0 Å². The summed E-state index contributed by atoms with van der Waals surface area (Å²) in [7, 11) is 2.99. The zero-order valence-electron chi connectivity index (χ0n) is 17.1. The predicted octanol–water partition coefficient (Wildman–Crippen LogP) is -0.412. The van der Waals surface area contributed by atoms with Gasteiger partial charge in [0.05, 0.1) is 6.61 Å². The first-order chi connectivity index (χ1) is 14.8. The third kappa shape index (κ3) is 4.60. The molecule has 0 radical (unpaired) electrons. The van der Waals surface area contributed by atoms with Crippen molar-refractivity contribution in [3.63, 3.8) is 0 Å². The molecule has 1 heterocycles. The van der Waals surface area contributed by atoms with E-state index in [1.807, 2.05) is 0 Å². The molecule has 1 aliphatic rings. The summed E-state index contributed by atoms with van der Waals surface area (Å²) in [6.45, 7) is -0.523. The quantitative estimate of drug-likeness (QED) is 0.378. The molecular weight excluding hydrogens is 404 g/mol. The molecule has 9 heteroatoms. The van der Waals surface area contributed by atoms with Gasteiger partial charge in [-0.15, -0.1) is 0 Å². The van der Waals surface area contributed by atoms with Gasteiger partial charge in [-0.2, -0.15) is 0 Å². The summed E-state index contributed by atoms with van der Waals surface area (Å²) >= 11 is 0. The van der Waals surface area contributed by atoms with Gasteiger partial charge in [0.1, 0.15) is 30.5 Å². The normalized spacial score (nSPS) is 25.7. The molecule has 3 unspecified atom stereocenters. The number of carbonyl (C=O) groups is 2. The third-order valence-corrected chi connectivity index (χ3v) is 5.35. The van der Waals surface area contributed by atoms with Crippen LogP contribution in [0.2, 0.25) is 0 Å². The van der Waals surface area contributed by atoms with Gasteiger partial charge in [-0.1, -0.05) is 18.2 Å². The van der Waals surface area contributed by atoms with Gasteiger partial charge in [-0.3, -0.25) is 9.59 Å². The third-order valence-electron chi connectivity index (χ3n) is 5.35. The van der Waals surface area contributed by atoms with Crippen LogP contribution < -0.4 is 10.6 Å². The molecule has 31 heavy (non-hydrogen) atoms. The van der Waals surface area contributed by atoms with Crippen molar-refractivity contribution in [1.29, 1.82) is 0 Å². The number of carbonyl (C=O) groups excluding carboxylic acids is 2. The van der Waals surface area contributed by atoms with E-state index in [9.17, 15) is 30.0 Å². The lowest BCUT2D eigenvalue weighted by Crippen LogP contribution is -2.55. The Morgan fingerprint density at radius 3 is 2.03 bits per heavy atom. The minimum Gasteiger partial charge on any atom is -0.394 e.